The van der Waals surface area contributed by atoms with Gasteiger partial charge in [-0.1, -0.05) is 11.6 Å². The molecule has 0 saturated carbocycles. The molecular weight excluding hydrogens is 376 g/mol. The SMILES string of the molecule is Cn1c(=O)n(C)c2cc(C(=O)c3ccc(Cl)s3)c(Br)cc21. The zero-order valence-electron chi connectivity index (χ0n) is 11.2. The second-order valence-electron chi connectivity index (χ2n) is 4.65. The summed E-state index contributed by atoms with van der Waals surface area (Å²) >= 11 is 10.5. The number of thiophene rings is 1. The molecule has 0 spiro atoms. The highest BCUT2D eigenvalue weighted by Crippen LogP contribution is 2.29. The third-order valence-corrected chi connectivity index (χ3v) is 5.29. The molecule has 7 heteroatoms. The van der Waals surface area contributed by atoms with Gasteiger partial charge in [0.25, 0.3) is 0 Å². The number of imidazole rings is 1. The van der Waals surface area contributed by atoms with Crippen LogP contribution in [0.25, 0.3) is 11.0 Å². The van der Waals surface area contributed by atoms with Crippen LogP contribution in [0, 0.1) is 0 Å². The van der Waals surface area contributed by atoms with Crippen molar-refractivity contribution in [2.75, 3.05) is 0 Å². The Hall–Kier alpha value is -1.37. The summed E-state index contributed by atoms with van der Waals surface area (Å²) in [5.74, 6) is -0.114. The molecular formula is C14H10BrClN2O2S. The third kappa shape index (κ3) is 2.27. The molecule has 4 nitrogen and oxygen atoms in total. The maximum atomic E-state index is 12.6. The van der Waals surface area contributed by atoms with E-state index in [0.717, 1.165) is 11.0 Å². The van der Waals surface area contributed by atoms with Crippen molar-refractivity contribution in [2.24, 2.45) is 14.1 Å². The number of carbonyl (C=O) groups excluding carboxylic acids is 1. The Morgan fingerprint density at radius 2 is 1.81 bits per heavy atom. The molecule has 2 heterocycles. The molecule has 0 atom stereocenters. The third-order valence-electron chi connectivity index (χ3n) is 3.40. The van der Waals surface area contributed by atoms with Crippen LogP contribution in [0.15, 0.2) is 33.5 Å². The van der Waals surface area contributed by atoms with E-state index in [-0.39, 0.29) is 11.5 Å². The average molecular weight is 386 g/mol. The number of carbonyl (C=O) groups is 1. The van der Waals surface area contributed by atoms with E-state index in [1.165, 1.54) is 15.9 Å². The number of hydrogen-bond acceptors (Lipinski definition) is 3. The molecule has 3 rings (SSSR count). The van der Waals surface area contributed by atoms with Crippen LogP contribution in [0.2, 0.25) is 4.34 Å². The minimum atomic E-state index is -0.124. The number of aromatic nitrogens is 2. The van der Waals surface area contributed by atoms with Crippen LogP contribution in [0.3, 0.4) is 0 Å². The Labute approximate surface area is 137 Å². The van der Waals surface area contributed by atoms with Gasteiger partial charge < -0.3 is 0 Å². The molecule has 2 aromatic heterocycles. The number of aryl methyl sites for hydroxylation is 2. The molecule has 0 aliphatic carbocycles. The number of benzene rings is 1. The van der Waals surface area contributed by atoms with E-state index in [4.69, 9.17) is 11.6 Å². The van der Waals surface area contributed by atoms with Gasteiger partial charge in [-0.25, -0.2) is 4.79 Å². The lowest BCUT2D eigenvalue weighted by Crippen LogP contribution is -2.19. The van der Waals surface area contributed by atoms with E-state index in [1.807, 2.05) is 0 Å². The zero-order valence-corrected chi connectivity index (χ0v) is 14.3. The van der Waals surface area contributed by atoms with Gasteiger partial charge in [0.2, 0.25) is 5.78 Å². The Balaban J connectivity index is 2.24. The first-order valence-electron chi connectivity index (χ1n) is 6.05. The first-order valence-corrected chi connectivity index (χ1v) is 8.04. The molecule has 0 unspecified atom stereocenters. The molecule has 0 bridgehead atoms. The number of fused-ring (bicyclic) bond motifs is 1. The highest BCUT2D eigenvalue weighted by Gasteiger charge is 2.18. The summed E-state index contributed by atoms with van der Waals surface area (Å²) in [4.78, 5) is 25.1. The number of hydrogen-bond donors (Lipinski definition) is 0. The van der Waals surface area contributed by atoms with Crippen LogP contribution >= 0.6 is 38.9 Å². The quantitative estimate of drug-likeness (QED) is 0.633. The lowest BCUT2D eigenvalue weighted by atomic mass is 10.1. The topological polar surface area (TPSA) is 44.0 Å². The molecule has 0 aliphatic rings. The van der Waals surface area contributed by atoms with E-state index >= 15 is 0 Å². The summed E-state index contributed by atoms with van der Waals surface area (Å²) < 4.78 is 4.31. The smallest absolute Gasteiger partial charge is 0.295 e. The largest absolute Gasteiger partial charge is 0.328 e. The maximum Gasteiger partial charge on any atom is 0.328 e. The Morgan fingerprint density at radius 3 is 2.38 bits per heavy atom. The Bertz CT molecular complexity index is 938. The van der Waals surface area contributed by atoms with Gasteiger partial charge in [-0.15, -0.1) is 11.3 Å². The van der Waals surface area contributed by atoms with E-state index < -0.39 is 0 Å². The highest BCUT2D eigenvalue weighted by molar-refractivity contribution is 9.10. The van der Waals surface area contributed by atoms with E-state index in [2.05, 4.69) is 15.9 Å². The zero-order chi connectivity index (χ0) is 15.3. The van der Waals surface area contributed by atoms with Crippen molar-refractivity contribution < 1.29 is 4.79 Å². The molecule has 1 aromatic carbocycles. The molecule has 21 heavy (non-hydrogen) atoms. The monoisotopic (exact) mass is 384 g/mol. The minimum Gasteiger partial charge on any atom is -0.295 e. The predicted octanol–water partition coefficient (Wildman–Crippen LogP) is 3.59. The Kier molecular flexibility index (Phi) is 3.55. The summed E-state index contributed by atoms with van der Waals surface area (Å²) in [6, 6.07) is 6.93. The fraction of sp³-hybridized carbons (Fsp3) is 0.143. The lowest BCUT2D eigenvalue weighted by Gasteiger charge is -2.04. The van der Waals surface area contributed by atoms with Gasteiger partial charge in [0.05, 0.1) is 20.2 Å². The minimum absolute atomic E-state index is 0.114. The van der Waals surface area contributed by atoms with Crippen LogP contribution in [0.1, 0.15) is 15.2 Å². The van der Waals surface area contributed by atoms with Crippen molar-refractivity contribution in [3.63, 3.8) is 0 Å². The van der Waals surface area contributed by atoms with Crippen LogP contribution in [0.4, 0.5) is 0 Å². The van der Waals surface area contributed by atoms with Crippen LogP contribution in [-0.4, -0.2) is 14.9 Å². The normalized spacial score (nSPS) is 11.2. The number of nitrogens with zero attached hydrogens (tertiary/aromatic N) is 2. The summed E-state index contributed by atoms with van der Waals surface area (Å²) in [5.41, 5.74) is 1.88. The molecule has 3 aromatic rings. The van der Waals surface area contributed by atoms with Crippen molar-refractivity contribution in [1.29, 1.82) is 0 Å². The molecule has 0 N–H and O–H groups in total. The first kappa shape index (κ1) is 14.6. The van der Waals surface area contributed by atoms with E-state index in [1.54, 1.807) is 42.9 Å². The standard InChI is InChI=1S/C14H10BrClN2O2S/c1-17-9-5-7(13(19)11-3-4-12(16)21-11)8(15)6-10(9)18(2)14(17)20/h3-6H,1-2H3. The van der Waals surface area contributed by atoms with Crippen molar-refractivity contribution in [3.8, 4) is 0 Å². The van der Waals surface area contributed by atoms with Gasteiger partial charge in [0.1, 0.15) is 0 Å². The maximum absolute atomic E-state index is 12.6. The average Bonchev–Trinajstić information content (AvgIpc) is 2.97. The van der Waals surface area contributed by atoms with Crippen molar-refractivity contribution in [3.05, 3.63) is 54.0 Å². The van der Waals surface area contributed by atoms with Crippen LogP contribution < -0.4 is 5.69 Å². The summed E-state index contributed by atoms with van der Waals surface area (Å²) in [6.07, 6.45) is 0. The van der Waals surface area contributed by atoms with Gasteiger partial charge in [-0.05, 0) is 40.2 Å². The first-order chi connectivity index (χ1) is 9.90. The summed E-state index contributed by atoms with van der Waals surface area (Å²) in [7, 11) is 3.40. The molecule has 0 fully saturated rings. The van der Waals surface area contributed by atoms with Crippen molar-refractivity contribution >= 4 is 55.7 Å². The van der Waals surface area contributed by atoms with Gasteiger partial charge >= 0.3 is 5.69 Å². The molecule has 0 saturated heterocycles. The molecule has 0 aliphatic heterocycles. The van der Waals surface area contributed by atoms with Crippen molar-refractivity contribution in [2.45, 2.75) is 0 Å². The van der Waals surface area contributed by atoms with Gasteiger partial charge in [-0.3, -0.25) is 13.9 Å². The van der Waals surface area contributed by atoms with E-state index in [9.17, 15) is 9.59 Å². The number of rotatable bonds is 2. The fourth-order valence-electron chi connectivity index (χ4n) is 2.26. The van der Waals surface area contributed by atoms with Crippen molar-refractivity contribution in [1.82, 2.24) is 9.13 Å². The Morgan fingerprint density at radius 1 is 1.19 bits per heavy atom. The van der Waals surface area contributed by atoms with E-state index in [0.29, 0.717) is 19.2 Å². The lowest BCUT2D eigenvalue weighted by molar-refractivity contribution is 0.104. The fourth-order valence-corrected chi connectivity index (χ4v) is 3.77. The van der Waals surface area contributed by atoms with Gasteiger partial charge in [-0.2, -0.15) is 0 Å². The summed E-state index contributed by atoms with van der Waals surface area (Å²) in [5, 5.41) is 0. The van der Waals surface area contributed by atoms with Crippen LogP contribution in [0.5, 0.6) is 0 Å². The predicted molar refractivity (Wildman–Crippen MR) is 88.6 cm³/mol. The summed E-state index contributed by atoms with van der Waals surface area (Å²) in [6.45, 7) is 0. The molecule has 108 valence electrons. The second kappa shape index (κ2) is 5.12. The van der Waals surface area contributed by atoms with Gasteiger partial charge in [0, 0.05) is 24.1 Å². The van der Waals surface area contributed by atoms with Crippen LogP contribution in [-0.2, 0) is 14.1 Å². The molecule has 0 amide bonds. The van der Waals surface area contributed by atoms with Gasteiger partial charge in [0.15, 0.2) is 0 Å². The second-order valence-corrected chi connectivity index (χ2v) is 7.22. The number of halogens is 2. The molecule has 0 radical (unpaired) electrons. The highest BCUT2D eigenvalue weighted by atomic mass is 79.9. The number of ketones is 1.